The lowest BCUT2D eigenvalue weighted by molar-refractivity contribution is -0.895. The van der Waals surface area contributed by atoms with Crippen LogP contribution in [0.2, 0.25) is 0 Å². The van der Waals surface area contributed by atoms with Gasteiger partial charge in [-0.2, -0.15) is 0 Å². The lowest BCUT2D eigenvalue weighted by Crippen LogP contribution is -2.70. The Kier molecular flexibility index (Phi) is 12.7. The molecule has 0 aliphatic carbocycles. The van der Waals surface area contributed by atoms with E-state index in [4.69, 9.17) is 19.9 Å². The van der Waals surface area contributed by atoms with Crippen molar-refractivity contribution in [3.63, 3.8) is 0 Å². The lowest BCUT2D eigenvalue weighted by Gasteiger charge is -2.47. The summed E-state index contributed by atoms with van der Waals surface area (Å²) in [5.41, 5.74) is 4.94. The van der Waals surface area contributed by atoms with Crippen LogP contribution in [0.3, 0.4) is 0 Å². The molecule has 2 saturated heterocycles. The SMILES string of the molecule is CC1CCC[N@@+]1(C(N)=O)C(Cc1ccccc1)N(CC1CCN(C(=NC(=O)OC(C)(C)C)NC(=O)OC(C)(C)C)CC1)C(=O)OC(C)(C)C. The van der Waals surface area contributed by atoms with Gasteiger partial charge in [-0.05, 0) is 93.6 Å². The van der Waals surface area contributed by atoms with Gasteiger partial charge in [0, 0.05) is 38.9 Å². The molecule has 0 aromatic heterocycles. The first-order valence-corrected chi connectivity index (χ1v) is 17.4. The van der Waals surface area contributed by atoms with Crippen LogP contribution in [0.25, 0.3) is 0 Å². The van der Waals surface area contributed by atoms with E-state index >= 15 is 0 Å². The number of likely N-dealkylation sites (tertiary alicyclic amines) is 2. The monoisotopic (exact) mass is 687 g/mol. The maximum atomic E-state index is 14.1. The van der Waals surface area contributed by atoms with Gasteiger partial charge in [0.15, 0.2) is 6.17 Å². The Labute approximate surface area is 292 Å². The van der Waals surface area contributed by atoms with Crippen LogP contribution < -0.4 is 11.1 Å². The number of nitrogens with zero attached hydrogens (tertiary/aromatic N) is 4. The highest BCUT2D eigenvalue weighted by Gasteiger charge is 2.54. The van der Waals surface area contributed by atoms with Crippen LogP contribution in [-0.2, 0) is 20.6 Å². The molecule has 1 aromatic carbocycles. The van der Waals surface area contributed by atoms with Crippen LogP contribution in [0.5, 0.6) is 0 Å². The molecule has 2 unspecified atom stereocenters. The number of ether oxygens (including phenoxy) is 3. The maximum absolute atomic E-state index is 14.1. The summed E-state index contributed by atoms with van der Waals surface area (Å²) in [5, 5.41) is 2.64. The Morgan fingerprint density at radius 1 is 0.918 bits per heavy atom. The number of quaternary nitrogens is 1. The number of benzene rings is 1. The van der Waals surface area contributed by atoms with Crippen LogP contribution in [0.4, 0.5) is 19.2 Å². The number of hydrogen-bond acceptors (Lipinski definition) is 7. The number of aliphatic imine (C=N–C) groups is 1. The lowest BCUT2D eigenvalue weighted by atomic mass is 9.95. The molecule has 0 spiro atoms. The summed E-state index contributed by atoms with van der Waals surface area (Å²) in [4.78, 5) is 60.7. The van der Waals surface area contributed by atoms with Gasteiger partial charge in [0.25, 0.3) is 0 Å². The van der Waals surface area contributed by atoms with Crippen molar-refractivity contribution in [1.29, 1.82) is 0 Å². The molecule has 13 heteroatoms. The third kappa shape index (κ3) is 11.6. The predicted octanol–water partition coefficient (Wildman–Crippen LogP) is 6.40. The van der Waals surface area contributed by atoms with Crippen LogP contribution >= 0.6 is 0 Å². The van der Waals surface area contributed by atoms with E-state index in [1.54, 1.807) is 46.4 Å². The number of urea groups is 1. The summed E-state index contributed by atoms with van der Waals surface area (Å²) in [6.07, 6.45) is 0.631. The van der Waals surface area contributed by atoms with Crippen molar-refractivity contribution in [2.24, 2.45) is 16.6 Å². The molecular formula is C36H59N6O7+. The minimum atomic E-state index is -0.833. The van der Waals surface area contributed by atoms with Crippen LogP contribution in [0, 0.1) is 5.92 Å². The smallest absolute Gasteiger partial charge is 0.437 e. The van der Waals surface area contributed by atoms with Crippen molar-refractivity contribution < 1.29 is 37.9 Å². The zero-order chi connectivity index (χ0) is 36.8. The molecule has 274 valence electrons. The fourth-order valence-corrected chi connectivity index (χ4v) is 6.55. The Balaban J connectivity index is 1.93. The number of carbonyl (C=O) groups excluding carboxylic acids is 4. The van der Waals surface area contributed by atoms with Gasteiger partial charge in [-0.1, -0.05) is 30.3 Å². The standard InChI is InChI=1S/C36H58N6O7/c1-25-15-14-22-42(25,29(37)43)28(23-26-16-12-11-13-17-26)41(33(46)49-36(8,9)10)24-27-18-20-40(21-19-27)30(38-31(44)47-34(2,3)4)39-32(45)48-35(5,6)7/h11-13,16-17,25,27-28H,14-15,18-24H2,1-10H3,(H2-,37,38,39,43,44,45)/p+1/t25?,28?,42-/m0/s1. The minimum absolute atomic E-state index is 0.0113. The highest BCUT2D eigenvalue weighted by molar-refractivity contribution is 5.99. The molecule has 13 nitrogen and oxygen atoms in total. The first kappa shape index (κ1) is 39.6. The van der Waals surface area contributed by atoms with Gasteiger partial charge in [0.2, 0.25) is 5.96 Å². The third-order valence-corrected chi connectivity index (χ3v) is 8.70. The molecule has 49 heavy (non-hydrogen) atoms. The van der Waals surface area contributed by atoms with Crippen LogP contribution in [0.1, 0.15) is 100 Å². The largest absolute Gasteiger partial charge is 0.444 e. The number of alkyl carbamates (subject to hydrolysis) is 1. The van der Waals surface area contributed by atoms with E-state index in [0.717, 1.165) is 18.4 Å². The summed E-state index contributed by atoms with van der Waals surface area (Å²) in [5.74, 6) is 0.0502. The second-order valence-electron chi connectivity index (χ2n) is 16.3. The summed E-state index contributed by atoms with van der Waals surface area (Å²) < 4.78 is 16.8. The van der Waals surface area contributed by atoms with E-state index < -0.39 is 47.3 Å². The zero-order valence-electron chi connectivity index (χ0n) is 31.2. The maximum Gasteiger partial charge on any atom is 0.437 e. The van der Waals surface area contributed by atoms with Gasteiger partial charge in [-0.25, -0.2) is 23.7 Å². The Bertz CT molecular complexity index is 1340. The number of nitrogens with one attached hydrogen (secondary N) is 1. The summed E-state index contributed by atoms with van der Waals surface area (Å²) in [6.45, 7) is 19.7. The van der Waals surface area contributed by atoms with Gasteiger partial charge < -0.3 is 24.8 Å². The van der Waals surface area contributed by atoms with Crippen LogP contribution in [0.15, 0.2) is 35.3 Å². The number of nitrogens with two attached hydrogens (primary N) is 1. The number of guanidine groups is 1. The first-order valence-electron chi connectivity index (χ1n) is 17.4. The Morgan fingerprint density at radius 3 is 1.98 bits per heavy atom. The average molecular weight is 688 g/mol. The van der Waals surface area contributed by atoms with Gasteiger partial charge in [-0.3, -0.25) is 10.2 Å². The summed E-state index contributed by atoms with van der Waals surface area (Å²) in [7, 11) is 0. The number of rotatable bonds is 6. The molecule has 0 saturated carbocycles. The predicted molar refractivity (Wildman–Crippen MR) is 188 cm³/mol. The van der Waals surface area contributed by atoms with Gasteiger partial charge in [-0.15, -0.1) is 4.99 Å². The second kappa shape index (κ2) is 15.8. The zero-order valence-corrected chi connectivity index (χ0v) is 31.2. The number of hydrogen-bond donors (Lipinski definition) is 2. The molecule has 5 amide bonds. The highest BCUT2D eigenvalue weighted by Crippen LogP contribution is 2.35. The molecule has 2 aliphatic rings. The van der Waals surface area contributed by atoms with Crippen molar-refractivity contribution in [3.05, 3.63) is 35.9 Å². The number of piperidine rings is 1. The quantitative estimate of drug-likeness (QED) is 0.151. The molecule has 2 aliphatic heterocycles. The van der Waals surface area contributed by atoms with Crippen molar-refractivity contribution in [2.75, 3.05) is 26.2 Å². The summed E-state index contributed by atoms with van der Waals surface area (Å²) in [6, 6.07) is 9.30. The molecule has 0 radical (unpaired) electrons. The first-order chi connectivity index (χ1) is 22.6. The van der Waals surface area contributed by atoms with Crippen molar-refractivity contribution in [2.45, 2.75) is 130 Å². The Morgan fingerprint density at radius 2 is 1.49 bits per heavy atom. The van der Waals surface area contributed by atoms with Gasteiger partial charge in [0.1, 0.15) is 16.8 Å². The third-order valence-electron chi connectivity index (χ3n) is 8.70. The molecule has 2 fully saturated rings. The normalized spacial score (nSPS) is 21.5. The van der Waals surface area contributed by atoms with E-state index in [-0.39, 0.29) is 22.4 Å². The van der Waals surface area contributed by atoms with E-state index in [1.807, 2.05) is 62.9 Å². The molecule has 3 atom stereocenters. The van der Waals surface area contributed by atoms with E-state index in [2.05, 4.69) is 10.3 Å². The molecule has 2 heterocycles. The van der Waals surface area contributed by atoms with E-state index in [0.29, 0.717) is 45.4 Å². The number of amides is 5. The van der Waals surface area contributed by atoms with Crippen molar-refractivity contribution in [1.82, 2.24) is 15.1 Å². The van der Waals surface area contributed by atoms with Crippen molar-refractivity contribution in [3.8, 4) is 0 Å². The molecular weight excluding hydrogens is 628 g/mol. The molecule has 3 rings (SSSR count). The van der Waals surface area contributed by atoms with E-state index in [9.17, 15) is 19.2 Å². The average Bonchev–Trinajstić information content (AvgIpc) is 3.34. The second-order valence-corrected chi connectivity index (χ2v) is 16.3. The highest BCUT2D eigenvalue weighted by atomic mass is 16.6. The number of carbonyl (C=O) groups is 4. The van der Waals surface area contributed by atoms with E-state index in [1.165, 1.54) is 0 Å². The topological polar surface area (TPSA) is 153 Å². The van der Waals surface area contributed by atoms with Gasteiger partial charge >= 0.3 is 24.3 Å². The fraction of sp³-hybridized carbons (Fsp3) is 0.694. The molecule has 3 N–H and O–H groups in total. The Hall–Kier alpha value is -3.87. The van der Waals surface area contributed by atoms with Crippen LogP contribution in [-0.4, -0.2) is 99.7 Å². The van der Waals surface area contributed by atoms with Gasteiger partial charge in [0.05, 0.1) is 12.6 Å². The summed E-state index contributed by atoms with van der Waals surface area (Å²) >= 11 is 0. The minimum Gasteiger partial charge on any atom is -0.444 e. The molecule has 1 aromatic rings. The fourth-order valence-electron chi connectivity index (χ4n) is 6.55. The van der Waals surface area contributed by atoms with Crippen molar-refractivity contribution >= 4 is 30.3 Å². The molecule has 0 bridgehead atoms. The number of primary amides is 1.